The molecule has 1 saturated heterocycles. The molecule has 7 heteroatoms. The van der Waals surface area contributed by atoms with E-state index in [0.717, 1.165) is 55.6 Å². The summed E-state index contributed by atoms with van der Waals surface area (Å²) >= 11 is 0. The fourth-order valence-electron chi connectivity index (χ4n) is 3.75. The largest absolute Gasteiger partial charge is 0.493 e. The van der Waals surface area contributed by atoms with Crippen LogP contribution in [0.1, 0.15) is 34.5 Å². The van der Waals surface area contributed by atoms with E-state index in [1.165, 1.54) is 16.8 Å². The first-order chi connectivity index (χ1) is 14.5. The predicted octanol–water partition coefficient (Wildman–Crippen LogP) is 2.67. The van der Waals surface area contributed by atoms with E-state index >= 15 is 0 Å². The van der Waals surface area contributed by atoms with Crippen molar-refractivity contribution < 1.29 is 9.47 Å². The number of nitrogens with one attached hydrogen (secondary N) is 2. The Labute approximate surface area is 179 Å². The number of aryl methyl sites for hydroxylation is 3. The van der Waals surface area contributed by atoms with Crippen LogP contribution in [0, 0.1) is 26.7 Å². The van der Waals surface area contributed by atoms with Crippen LogP contribution in [-0.2, 0) is 24.8 Å². The molecular weight excluding hydrogens is 378 g/mol. The molecule has 0 saturated carbocycles. The zero-order valence-electron chi connectivity index (χ0n) is 18.9. The number of ether oxygens (including phenoxy) is 2. The van der Waals surface area contributed by atoms with Gasteiger partial charge < -0.3 is 20.1 Å². The van der Waals surface area contributed by atoms with Gasteiger partial charge in [-0.05, 0) is 50.8 Å². The van der Waals surface area contributed by atoms with Crippen molar-refractivity contribution in [2.24, 2.45) is 18.0 Å². The molecule has 2 N–H and O–H groups in total. The van der Waals surface area contributed by atoms with Crippen LogP contribution >= 0.6 is 0 Å². The minimum absolute atomic E-state index is 0.486. The highest BCUT2D eigenvalue weighted by Crippen LogP contribution is 2.22. The van der Waals surface area contributed by atoms with Crippen molar-refractivity contribution in [3.05, 3.63) is 46.3 Å². The van der Waals surface area contributed by atoms with Crippen LogP contribution < -0.4 is 15.4 Å². The maximum absolute atomic E-state index is 6.15. The first-order valence-corrected chi connectivity index (χ1v) is 10.7. The van der Waals surface area contributed by atoms with Crippen molar-refractivity contribution in [1.82, 2.24) is 20.4 Å². The van der Waals surface area contributed by atoms with Crippen molar-refractivity contribution in [3.8, 4) is 5.75 Å². The summed E-state index contributed by atoms with van der Waals surface area (Å²) in [7, 11) is 3.78. The number of hydrogen-bond donors (Lipinski definition) is 2. The van der Waals surface area contributed by atoms with Crippen LogP contribution in [0.3, 0.4) is 0 Å². The molecule has 7 nitrogen and oxygen atoms in total. The van der Waals surface area contributed by atoms with Crippen LogP contribution in [0.5, 0.6) is 5.75 Å². The number of aliphatic imine (C=N–C) groups is 1. The lowest BCUT2D eigenvalue weighted by Gasteiger charge is -2.17. The van der Waals surface area contributed by atoms with E-state index < -0.39 is 0 Å². The van der Waals surface area contributed by atoms with Crippen molar-refractivity contribution in [3.63, 3.8) is 0 Å². The molecule has 3 rings (SSSR count). The van der Waals surface area contributed by atoms with Crippen molar-refractivity contribution in [2.75, 3.05) is 33.4 Å². The lowest BCUT2D eigenvalue weighted by Crippen LogP contribution is -2.38. The molecule has 1 fully saturated rings. The highest BCUT2D eigenvalue weighted by molar-refractivity contribution is 5.79. The first kappa shape index (κ1) is 22.2. The number of benzene rings is 1. The highest BCUT2D eigenvalue weighted by atomic mass is 16.5. The Morgan fingerprint density at radius 3 is 2.80 bits per heavy atom. The molecule has 1 aromatic heterocycles. The highest BCUT2D eigenvalue weighted by Gasteiger charge is 2.17. The Bertz CT molecular complexity index is 869. The van der Waals surface area contributed by atoms with Crippen LogP contribution in [0.2, 0.25) is 0 Å². The second-order valence-corrected chi connectivity index (χ2v) is 8.03. The third-order valence-electron chi connectivity index (χ3n) is 5.72. The topological polar surface area (TPSA) is 72.7 Å². The van der Waals surface area contributed by atoms with E-state index in [4.69, 9.17) is 9.47 Å². The summed E-state index contributed by atoms with van der Waals surface area (Å²) in [6.45, 7) is 10.1. The SMILES string of the molecule is CN=C(NCCc1c(C)nn(C)c1C)NCc1ccc(C)cc1OCC1CCOC1. The van der Waals surface area contributed by atoms with E-state index in [1.807, 2.05) is 11.7 Å². The number of nitrogens with zero attached hydrogens (tertiary/aromatic N) is 3. The van der Waals surface area contributed by atoms with Gasteiger partial charge in [-0.25, -0.2) is 0 Å². The van der Waals surface area contributed by atoms with E-state index in [-0.39, 0.29) is 0 Å². The Balaban J connectivity index is 1.52. The zero-order chi connectivity index (χ0) is 21.5. The molecular formula is C23H35N5O2. The average molecular weight is 414 g/mol. The van der Waals surface area contributed by atoms with Crippen molar-refractivity contribution >= 4 is 5.96 Å². The van der Waals surface area contributed by atoms with E-state index in [2.05, 4.69) is 59.7 Å². The van der Waals surface area contributed by atoms with Crippen LogP contribution in [0.15, 0.2) is 23.2 Å². The number of rotatable bonds is 8. The lowest BCUT2D eigenvalue weighted by molar-refractivity contribution is 0.166. The van der Waals surface area contributed by atoms with Gasteiger partial charge in [0.25, 0.3) is 0 Å². The Hall–Kier alpha value is -2.54. The van der Waals surface area contributed by atoms with Crippen LogP contribution in [0.25, 0.3) is 0 Å². The van der Waals surface area contributed by atoms with Gasteiger partial charge in [0.1, 0.15) is 5.75 Å². The average Bonchev–Trinajstić information content (AvgIpc) is 3.33. The van der Waals surface area contributed by atoms with Gasteiger partial charge in [0, 0.05) is 51.0 Å². The van der Waals surface area contributed by atoms with Gasteiger partial charge in [-0.3, -0.25) is 9.67 Å². The van der Waals surface area contributed by atoms with Crippen LogP contribution in [-0.4, -0.2) is 49.2 Å². The fraction of sp³-hybridized carbons (Fsp3) is 0.565. The maximum atomic E-state index is 6.15. The molecule has 0 bridgehead atoms. The summed E-state index contributed by atoms with van der Waals surface area (Å²) in [6.07, 6.45) is 1.99. The van der Waals surface area contributed by atoms with E-state index in [0.29, 0.717) is 19.1 Å². The van der Waals surface area contributed by atoms with E-state index in [9.17, 15) is 0 Å². The van der Waals surface area contributed by atoms with Gasteiger partial charge in [0.2, 0.25) is 0 Å². The monoisotopic (exact) mass is 413 g/mol. The van der Waals surface area contributed by atoms with Gasteiger partial charge in [-0.1, -0.05) is 12.1 Å². The molecule has 1 unspecified atom stereocenters. The van der Waals surface area contributed by atoms with Gasteiger partial charge in [-0.15, -0.1) is 0 Å². The third-order valence-corrected chi connectivity index (χ3v) is 5.72. The van der Waals surface area contributed by atoms with Gasteiger partial charge in [0.15, 0.2) is 5.96 Å². The molecule has 1 aromatic carbocycles. The van der Waals surface area contributed by atoms with Gasteiger partial charge in [0.05, 0.1) is 18.9 Å². The molecule has 2 aromatic rings. The Morgan fingerprint density at radius 2 is 2.13 bits per heavy atom. The van der Waals surface area contributed by atoms with Gasteiger partial charge in [-0.2, -0.15) is 5.10 Å². The number of guanidine groups is 1. The number of aromatic nitrogens is 2. The molecule has 1 atom stereocenters. The molecule has 2 heterocycles. The summed E-state index contributed by atoms with van der Waals surface area (Å²) in [5, 5.41) is 11.3. The normalized spacial score (nSPS) is 16.7. The Kier molecular flexibility index (Phi) is 7.74. The second kappa shape index (κ2) is 10.5. The lowest BCUT2D eigenvalue weighted by atomic mass is 10.1. The molecule has 1 aliphatic heterocycles. The summed E-state index contributed by atoms with van der Waals surface area (Å²) in [6, 6.07) is 6.35. The smallest absolute Gasteiger partial charge is 0.191 e. The standard InChI is InChI=1S/C23H35N5O2/c1-16-6-7-20(22(12-16)30-15-19-9-11-29-14-19)13-26-23(24-4)25-10-8-21-17(2)27-28(5)18(21)3/h6-7,12,19H,8-11,13-15H2,1-5H3,(H2,24,25,26). The van der Waals surface area contributed by atoms with Gasteiger partial charge >= 0.3 is 0 Å². The first-order valence-electron chi connectivity index (χ1n) is 10.7. The maximum Gasteiger partial charge on any atom is 0.191 e. The minimum atomic E-state index is 0.486. The second-order valence-electron chi connectivity index (χ2n) is 8.03. The molecule has 0 spiro atoms. The quantitative estimate of drug-likeness (QED) is 0.514. The molecule has 0 aliphatic carbocycles. The Morgan fingerprint density at radius 1 is 1.30 bits per heavy atom. The van der Waals surface area contributed by atoms with Crippen LogP contribution in [0.4, 0.5) is 0 Å². The zero-order valence-corrected chi connectivity index (χ0v) is 18.9. The molecule has 30 heavy (non-hydrogen) atoms. The minimum Gasteiger partial charge on any atom is -0.493 e. The van der Waals surface area contributed by atoms with Crippen molar-refractivity contribution in [1.29, 1.82) is 0 Å². The molecule has 0 radical (unpaired) electrons. The summed E-state index contributed by atoms with van der Waals surface area (Å²) < 4.78 is 13.5. The summed E-state index contributed by atoms with van der Waals surface area (Å²) in [5.41, 5.74) is 5.92. The molecule has 1 aliphatic rings. The summed E-state index contributed by atoms with van der Waals surface area (Å²) in [5.74, 6) is 2.21. The third kappa shape index (κ3) is 5.75. The molecule has 0 amide bonds. The van der Waals surface area contributed by atoms with E-state index in [1.54, 1.807) is 7.05 Å². The predicted molar refractivity (Wildman–Crippen MR) is 120 cm³/mol. The summed E-state index contributed by atoms with van der Waals surface area (Å²) in [4.78, 5) is 4.36. The number of hydrogen-bond acceptors (Lipinski definition) is 4. The molecule has 164 valence electrons. The fourth-order valence-corrected chi connectivity index (χ4v) is 3.75. The van der Waals surface area contributed by atoms with Crippen molar-refractivity contribution in [2.45, 2.75) is 40.2 Å².